The number of methoxy groups -OCH3 is 1. The van der Waals surface area contributed by atoms with Gasteiger partial charge < -0.3 is 4.74 Å². The third-order valence-corrected chi connectivity index (χ3v) is 3.81. The van der Waals surface area contributed by atoms with E-state index >= 15 is 0 Å². The number of hydrogen-bond donors (Lipinski definition) is 0. The van der Waals surface area contributed by atoms with Crippen LogP contribution in [0.25, 0.3) is 22.3 Å². The molecule has 0 aliphatic rings. The third-order valence-electron chi connectivity index (χ3n) is 3.81. The molecule has 1 nitrogen and oxygen atoms in total. The average molecular weight is 350 g/mol. The fraction of sp³-hybridized carbons (Fsp3) is 0.0526. The van der Waals surface area contributed by atoms with Crippen LogP contribution in [0.4, 0.5) is 22.0 Å². The number of ether oxygens (including phenoxy) is 1. The molecule has 0 saturated heterocycles. The number of rotatable bonds is 3. The van der Waals surface area contributed by atoms with Gasteiger partial charge in [0, 0.05) is 0 Å². The van der Waals surface area contributed by atoms with Crippen molar-refractivity contribution in [1.82, 2.24) is 0 Å². The Balaban J connectivity index is 2.03. The molecule has 0 radical (unpaired) electrons. The molecule has 0 fully saturated rings. The van der Waals surface area contributed by atoms with Crippen LogP contribution in [0.3, 0.4) is 0 Å². The maximum atomic E-state index is 13.9. The van der Waals surface area contributed by atoms with Gasteiger partial charge in [0.15, 0.2) is 23.3 Å². The lowest BCUT2D eigenvalue weighted by Crippen LogP contribution is -2.03. The van der Waals surface area contributed by atoms with Gasteiger partial charge in [-0.25, -0.2) is 22.0 Å². The first kappa shape index (κ1) is 17.0. The maximum absolute atomic E-state index is 13.9. The molecule has 3 aromatic rings. The zero-order chi connectivity index (χ0) is 18.1. The third kappa shape index (κ3) is 2.95. The highest BCUT2D eigenvalue weighted by Gasteiger charge is 2.26. The quantitative estimate of drug-likeness (QED) is 0.333. The molecule has 3 rings (SSSR count). The smallest absolute Gasteiger partial charge is 0.200 e. The van der Waals surface area contributed by atoms with E-state index in [1.54, 1.807) is 24.3 Å². The van der Waals surface area contributed by atoms with Gasteiger partial charge in [-0.3, -0.25) is 0 Å². The van der Waals surface area contributed by atoms with E-state index in [9.17, 15) is 22.0 Å². The second-order valence-electron chi connectivity index (χ2n) is 5.25. The molecule has 25 heavy (non-hydrogen) atoms. The Hall–Kier alpha value is -2.89. The normalized spacial score (nSPS) is 10.8. The van der Waals surface area contributed by atoms with Crippen molar-refractivity contribution in [2.45, 2.75) is 0 Å². The van der Waals surface area contributed by atoms with Crippen molar-refractivity contribution in [1.29, 1.82) is 0 Å². The van der Waals surface area contributed by atoms with E-state index < -0.39 is 34.6 Å². The van der Waals surface area contributed by atoms with E-state index in [4.69, 9.17) is 4.74 Å². The molecular weight excluding hydrogens is 339 g/mol. The molecule has 0 N–H and O–H groups in total. The molecule has 0 saturated carbocycles. The van der Waals surface area contributed by atoms with Gasteiger partial charge in [-0.2, -0.15) is 0 Å². The van der Waals surface area contributed by atoms with Crippen LogP contribution >= 0.6 is 0 Å². The predicted molar refractivity (Wildman–Crippen MR) is 83.7 cm³/mol. The van der Waals surface area contributed by atoms with Crippen molar-refractivity contribution < 1.29 is 26.7 Å². The first-order valence-corrected chi connectivity index (χ1v) is 7.20. The standard InChI is InChI=1S/C19H11F5O/c1-25-13-8-6-11(7-9-13)10-2-4-12(5-3-10)14-15(20)17(22)19(24)18(23)16(14)21/h2-9H,1H3. The molecule has 6 heteroatoms. The van der Waals surface area contributed by atoms with E-state index in [-0.39, 0.29) is 5.56 Å². The molecule has 0 aliphatic carbocycles. The minimum absolute atomic E-state index is 0.106. The first-order valence-electron chi connectivity index (χ1n) is 7.20. The fourth-order valence-electron chi connectivity index (χ4n) is 2.47. The summed E-state index contributed by atoms with van der Waals surface area (Å²) in [4.78, 5) is 0. The SMILES string of the molecule is COc1ccc(-c2ccc(-c3c(F)c(F)c(F)c(F)c3F)cc2)cc1. The van der Waals surface area contributed by atoms with Crippen LogP contribution in [-0.4, -0.2) is 7.11 Å². The molecule has 0 spiro atoms. The fourth-order valence-corrected chi connectivity index (χ4v) is 2.47. The monoisotopic (exact) mass is 350 g/mol. The molecule has 0 aromatic heterocycles. The summed E-state index contributed by atoms with van der Waals surface area (Å²) < 4.78 is 72.6. The van der Waals surface area contributed by atoms with E-state index in [0.29, 0.717) is 5.75 Å². The Bertz CT molecular complexity index is 889. The van der Waals surface area contributed by atoms with Crippen LogP contribution in [0.15, 0.2) is 48.5 Å². The Kier molecular flexibility index (Phi) is 4.44. The van der Waals surface area contributed by atoms with E-state index in [0.717, 1.165) is 11.1 Å². The van der Waals surface area contributed by atoms with Crippen LogP contribution < -0.4 is 4.74 Å². The van der Waals surface area contributed by atoms with Crippen molar-refractivity contribution in [3.63, 3.8) is 0 Å². The number of benzene rings is 3. The highest BCUT2D eigenvalue weighted by molar-refractivity contribution is 5.71. The Labute approximate surface area is 140 Å². The highest BCUT2D eigenvalue weighted by atomic mass is 19.2. The second-order valence-corrected chi connectivity index (χ2v) is 5.25. The van der Waals surface area contributed by atoms with E-state index in [1.807, 2.05) is 0 Å². The lowest BCUT2D eigenvalue weighted by Gasteiger charge is -2.09. The molecule has 128 valence electrons. The largest absolute Gasteiger partial charge is 0.497 e. The maximum Gasteiger partial charge on any atom is 0.200 e. The van der Waals surface area contributed by atoms with Crippen molar-refractivity contribution >= 4 is 0 Å². The van der Waals surface area contributed by atoms with Crippen LogP contribution in [0, 0.1) is 29.1 Å². The minimum atomic E-state index is -2.17. The molecule has 0 heterocycles. The van der Waals surface area contributed by atoms with Gasteiger partial charge in [0.05, 0.1) is 12.7 Å². The first-order chi connectivity index (χ1) is 11.9. The highest BCUT2D eigenvalue weighted by Crippen LogP contribution is 2.33. The summed E-state index contributed by atoms with van der Waals surface area (Å²) in [5, 5.41) is 0. The second kappa shape index (κ2) is 6.55. The van der Waals surface area contributed by atoms with Crippen molar-refractivity contribution in [2.24, 2.45) is 0 Å². The number of halogens is 5. The topological polar surface area (TPSA) is 9.23 Å². The Morgan fingerprint density at radius 1 is 0.520 bits per heavy atom. The van der Waals surface area contributed by atoms with Gasteiger partial charge >= 0.3 is 0 Å². The summed E-state index contributed by atoms with van der Waals surface area (Å²) in [6.45, 7) is 0. The lowest BCUT2D eigenvalue weighted by atomic mass is 9.99. The molecule has 3 aromatic carbocycles. The van der Waals surface area contributed by atoms with Crippen LogP contribution in [0.1, 0.15) is 0 Å². The Morgan fingerprint density at radius 3 is 1.32 bits per heavy atom. The number of hydrogen-bond acceptors (Lipinski definition) is 1. The van der Waals surface area contributed by atoms with Crippen molar-refractivity contribution in [2.75, 3.05) is 7.11 Å². The Morgan fingerprint density at radius 2 is 0.880 bits per heavy atom. The summed E-state index contributed by atoms with van der Waals surface area (Å²) in [6, 6.07) is 12.7. The minimum Gasteiger partial charge on any atom is -0.497 e. The van der Waals surface area contributed by atoms with Crippen molar-refractivity contribution in [3.8, 4) is 28.0 Å². The van der Waals surface area contributed by atoms with Crippen molar-refractivity contribution in [3.05, 3.63) is 77.6 Å². The molecule has 0 bridgehead atoms. The molecule has 0 amide bonds. The van der Waals surface area contributed by atoms with Gasteiger partial charge in [0.2, 0.25) is 5.82 Å². The predicted octanol–water partition coefficient (Wildman–Crippen LogP) is 5.72. The summed E-state index contributed by atoms with van der Waals surface area (Å²) >= 11 is 0. The van der Waals surface area contributed by atoms with Gasteiger partial charge in [0.25, 0.3) is 0 Å². The van der Waals surface area contributed by atoms with Gasteiger partial charge in [0.1, 0.15) is 5.75 Å². The molecule has 0 aliphatic heterocycles. The summed E-state index contributed by atoms with van der Waals surface area (Å²) in [5.74, 6) is -9.14. The molecular formula is C19H11F5O. The van der Waals surface area contributed by atoms with Crippen LogP contribution in [-0.2, 0) is 0 Å². The molecule has 0 unspecified atom stereocenters. The van der Waals surface area contributed by atoms with Gasteiger partial charge in [-0.05, 0) is 28.8 Å². The van der Waals surface area contributed by atoms with Gasteiger partial charge in [-0.15, -0.1) is 0 Å². The zero-order valence-corrected chi connectivity index (χ0v) is 12.9. The zero-order valence-electron chi connectivity index (χ0n) is 12.9. The van der Waals surface area contributed by atoms with Crippen LogP contribution in [0.2, 0.25) is 0 Å². The summed E-state index contributed by atoms with van der Waals surface area (Å²) in [5.41, 5.74) is 0.475. The summed E-state index contributed by atoms with van der Waals surface area (Å²) in [7, 11) is 1.54. The average Bonchev–Trinajstić information content (AvgIpc) is 2.65. The van der Waals surface area contributed by atoms with E-state index in [1.165, 1.54) is 31.4 Å². The molecule has 0 atom stereocenters. The van der Waals surface area contributed by atoms with Crippen LogP contribution in [0.5, 0.6) is 5.75 Å². The lowest BCUT2D eigenvalue weighted by molar-refractivity contribution is 0.381. The summed E-state index contributed by atoms with van der Waals surface area (Å²) in [6.07, 6.45) is 0. The van der Waals surface area contributed by atoms with Gasteiger partial charge in [-0.1, -0.05) is 36.4 Å². The van der Waals surface area contributed by atoms with E-state index in [2.05, 4.69) is 0 Å².